The zero-order valence-electron chi connectivity index (χ0n) is 9.99. The van der Waals surface area contributed by atoms with Gasteiger partial charge in [-0.15, -0.1) is 0 Å². The Hall–Kier alpha value is -0.570. The highest BCUT2D eigenvalue weighted by Crippen LogP contribution is 2.27. The van der Waals surface area contributed by atoms with E-state index in [4.69, 9.17) is 5.11 Å². The summed E-state index contributed by atoms with van der Waals surface area (Å²) in [5.41, 5.74) is 0. The summed E-state index contributed by atoms with van der Waals surface area (Å²) in [4.78, 5) is 11.0. The van der Waals surface area contributed by atoms with Crippen molar-refractivity contribution in [1.29, 1.82) is 0 Å². The molecule has 2 unspecified atom stereocenters. The lowest BCUT2D eigenvalue weighted by Gasteiger charge is -2.26. The average Bonchev–Trinajstić information content (AvgIpc) is 2.65. The van der Waals surface area contributed by atoms with Gasteiger partial charge in [-0.05, 0) is 31.6 Å². The fourth-order valence-electron chi connectivity index (χ4n) is 2.43. The van der Waals surface area contributed by atoms with Gasteiger partial charge >= 0.3 is 5.97 Å². The first kappa shape index (κ1) is 12.5. The second-order valence-corrected chi connectivity index (χ2v) is 5.06. The Morgan fingerprint density at radius 1 is 1.27 bits per heavy atom. The first-order chi connectivity index (χ1) is 7.02. The standard InChI is InChI=1S/C12H23NO2/c1-8(2)11(12(14)15)13-9(3)10-6-4-5-7-10/h8-11,13H,4-7H2,1-3H3,(H,14,15). The third kappa shape index (κ3) is 3.49. The first-order valence-electron chi connectivity index (χ1n) is 6.01. The molecule has 1 rings (SSSR count). The summed E-state index contributed by atoms with van der Waals surface area (Å²) in [6, 6.07) is -0.0726. The van der Waals surface area contributed by atoms with E-state index >= 15 is 0 Å². The van der Waals surface area contributed by atoms with Crippen LogP contribution < -0.4 is 5.32 Å². The number of aliphatic carboxylic acids is 1. The monoisotopic (exact) mass is 213 g/mol. The maximum atomic E-state index is 11.0. The van der Waals surface area contributed by atoms with Crippen LogP contribution >= 0.6 is 0 Å². The SMILES string of the molecule is CC(C)C(NC(C)C1CCCC1)C(=O)O. The van der Waals surface area contributed by atoms with Gasteiger partial charge < -0.3 is 10.4 Å². The van der Waals surface area contributed by atoms with Crippen molar-refractivity contribution >= 4 is 5.97 Å². The minimum absolute atomic E-state index is 0.145. The molecule has 1 aliphatic rings. The molecule has 0 heterocycles. The number of carboxylic acids is 1. The van der Waals surface area contributed by atoms with Gasteiger partial charge in [0.05, 0.1) is 0 Å². The third-order valence-corrected chi connectivity index (χ3v) is 3.48. The van der Waals surface area contributed by atoms with Gasteiger partial charge in [0.15, 0.2) is 0 Å². The molecule has 0 aromatic carbocycles. The normalized spacial score (nSPS) is 21.9. The predicted octanol–water partition coefficient (Wildman–Crippen LogP) is 2.26. The lowest BCUT2D eigenvalue weighted by Crippen LogP contribution is -2.47. The van der Waals surface area contributed by atoms with E-state index in [2.05, 4.69) is 12.2 Å². The maximum absolute atomic E-state index is 11.0. The lowest BCUT2D eigenvalue weighted by atomic mass is 9.96. The van der Waals surface area contributed by atoms with Crippen LogP contribution in [-0.4, -0.2) is 23.2 Å². The van der Waals surface area contributed by atoms with Crippen LogP contribution in [0.4, 0.5) is 0 Å². The van der Waals surface area contributed by atoms with Crippen molar-refractivity contribution in [2.45, 2.75) is 58.5 Å². The van der Waals surface area contributed by atoms with Crippen LogP contribution in [0, 0.1) is 11.8 Å². The van der Waals surface area contributed by atoms with Crippen molar-refractivity contribution < 1.29 is 9.90 Å². The van der Waals surface area contributed by atoms with Crippen LogP contribution in [0.15, 0.2) is 0 Å². The molecule has 0 radical (unpaired) electrons. The molecular formula is C12H23NO2. The number of rotatable bonds is 5. The second-order valence-electron chi connectivity index (χ2n) is 5.06. The number of hydrogen-bond acceptors (Lipinski definition) is 2. The fourth-order valence-corrected chi connectivity index (χ4v) is 2.43. The van der Waals surface area contributed by atoms with E-state index in [1.165, 1.54) is 25.7 Å². The van der Waals surface area contributed by atoms with Crippen molar-refractivity contribution in [3.8, 4) is 0 Å². The number of hydrogen-bond donors (Lipinski definition) is 2. The largest absolute Gasteiger partial charge is 0.480 e. The third-order valence-electron chi connectivity index (χ3n) is 3.48. The van der Waals surface area contributed by atoms with Crippen LogP contribution in [0.1, 0.15) is 46.5 Å². The van der Waals surface area contributed by atoms with Crippen molar-refractivity contribution in [2.24, 2.45) is 11.8 Å². The molecule has 1 fully saturated rings. The molecule has 1 saturated carbocycles. The van der Waals surface area contributed by atoms with Gasteiger partial charge in [0.25, 0.3) is 0 Å². The van der Waals surface area contributed by atoms with Crippen molar-refractivity contribution in [1.82, 2.24) is 5.32 Å². The van der Waals surface area contributed by atoms with Crippen LogP contribution in [0.25, 0.3) is 0 Å². The van der Waals surface area contributed by atoms with E-state index < -0.39 is 12.0 Å². The Labute approximate surface area is 92.3 Å². The Morgan fingerprint density at radius 3 is 2.20 bits per heavy atom. The minimum Gasteiger partial charge on any atom is -0.480 e. The number of nitrogens with one attached hydrogen (secondary N) is 1. The summed E-state index contributed by atoms with van der Waals surface area (Å²) in [7, 11) is 0. The summed E-state index contributed by atoms with van der Waals surface area (Å²) in [6.07, 6.45) is 5.10. The van der Waals surface area contributed by atoms with Crippen molar-refractivity contribution in [3.63, 3.8) is 0 Å². The molecule has 88 valence electrons. The Kier molecular flexibility index (Phi) is 4.58. The van der Waals surface area contributed by atoms with E-state index in [9.17, 15) is 4.79 Å². The van der Waals surface area contributed by atoms with Gasteiger partial charge in [-0.3, -0.25) is 4.79 Å². The van der Waals surface area contributed by atoms with Crippen LogP contribution in [0.2, 0.25) is 0 Å². The van der Waals surface area contributed by atoms with Crippen molar-refractivity contribution in [3.05, 3.63) is 0 Å². The molecule has 1 aliphatic carbocycles. The molecular weight excluding hydrogens is 190 g/mol. The summed E-state index contributed by atoms with van der Waals surface area (Å²) >= 11 is 0. The molecule has 0 amide bonds. The van der Waals surface area contributed by atoms with Crippen LogP contribution in [0.5, 0.6) is 0 Å². The van der Waals surface area contributed by atoms with Gasteiger partial charge in [0, 0.05) is 6.04 Å². The quantitative estimate of drug-likeness (QED) is 0.736. The lowest BCUT2D eigenvalue weighted by molar-refractivity contribution is -0.141. The predicted molar refractivity (Wildman–Crippen MR) is 60.8 cm³/mol. The van der Waals surface area contributed by atoms with Crippen LogP contribution in [-0.2, 0) is 4.79 Å². The molecule has 0 aromatic rings. The average molecular weight is 213 g/mol. The fraction of sp³-hybridized carbons (Fsp3) is 0.917. The molecule has 0 saturated heterocycles. The first-order valence-corrected chi connectivity index (χ1v) is 6.01. The van der Waals surface area contributed by atoms with E-state index in [1.54, 1.807) is 0 Å². The molecule has 3 heteroatoms. The number of carboxylic acid groups (broad SMARTS) is 1. The second kappa shape index (κ2) is 5.50. The molecule has 15 heavy (non-hydrogen) atoms. The molecule has 2 atom stereocenters. The highest BCUT2D eigenvalue weighted by molar-refractivity contribution is 5.73. The highest BCUT2D eigenvalue weighted by Gasteiger charge is 2.27. The minimum atomic E-state index is -0.727. The van der Waals surface area contributed by atoms with E-state index in [1.807, 2.05) is 13.8 Å². The Morgan fingerprint density at radius 2 is 1.80 bits per heavy atom. The Bertz CT molecular complexity index is 210. The zero-order valence-corrected chi connectivity index (χ0v) is 9.99. The summed E-state index contributed by atoms with van der Waals surface area (Å²) < 4.78 is 0. The van der Waals surface area contributed by atoms with Gasteiger partial charge in [0.2, 0.25) is 0 Å². The summed E-state index contributed by atoms with van der Waals surface area (Å²) in [6.45, 7) is 6.02. The van der Waals surface area contributed by atoms with E-state index in [0.717, 1.165) is 0 Å². The molecule has 2 N–H and O–H groups in total. The van der Waals surface area contributed by atoms with Crippen LogP contribution in [0.3, 0.4) is 0 Å². The molecule has 0 aliphatic heterocycles. The number of carbonyl (C=O) groups is 1. The molecule has 0 spiro atoms. The van der Waals surface area contributed by atoms with Gasteiger partial charge in [-0.25, -0.2) is 0 Å². The van der Waals surface area contributed by atoms with Gasteiger partial charge in [-0.2, -0.15) is 0 Å². The van der Waals surface area contributed by atoms with E-state index in [-0.39, 0.29) is 5.92 Å². The molecule has 0 aromatic heterocycles. The summed E-state index contributed by atoms with van der Waals surface area (Å²) in [5, 5.41) is 12.3. The highest BCUT2D eigenvalue weighted by atomic mass is 16.4. The summed E-state index contributed by atoms with van der Waals surface area (Å²) in [5.74, 6) is 0.0896. The van der Waals surface area contributed by atoms with Crippen molar-refractivity contribution in [2.75, 3.05) is 0 Å². The molecule has 0 bridgehead atoms. The topological polar surface area (TPSA) is 49.3 Å². The van der Waals surface area contributed by atoms with Gasteiger partial charge in [0.1, 0.15) is 6.04 Å². The Balaban J connectivity index is 2.46. The molecule has 3 nitrogen and oxygen atoms in total. The zero-order chi connectivity index (χ0) is 11.4. The smallest absolute Gasteiger partial charge is 0.320 e. The van der Waals surface area contributed by atoms with E-state index in [0.29, 0.717) is 12.0 Å². The van der Waals surface area contributed by atoms with Gasteiger partial charge in [-0.1, -0.05) is 26.7 Å². The maximum Gasteiger partial charge on any atom is 0.320 e.